The lowest BCUT2D eigenvalue weighted by atomic mass is 9.95. The maximum atomic E-state index is 5.79. The Balaban J connectivity index is 1.81. The number of ether oxygens (including phenoxy) is 2. The third kappa shape index (κ3) is 3.39. The molecule has 0 aliphatic carbocycles. The summed E-state index contributed by atoms with van der Waals surface area (Å²) in [6.07, 6.45) is 2.93. The first kappa shape index (κ1) is 19.6. The molecule has 2 aliphatic heterocycles. The van der Waals surface area contributed by atoms with Crippen LogP contribution in [-0.2, 0) is 0 Å². The highest BCUT2D eigenvalue weighted by atomic mass is 79.9. The second-order valence-corrected chi connectivity index (χ2v) is 8.64. The molecule has 3 atom stereocenters. The van der Waals surface area contributed by atoms with Crippen LogP contribution in [0.25, 0.3) is 0 Å². The van der Waals surface area contributed by atoms with Gasteiger partial charge in [0, 0.05) is 18.0 Å². The predicted molar refractivity (Wildman–Crippen MR) is 117 cm³/mol. The summed E-state index contributed by atoms with van der Waals surface area (Å²) in [5, 5.41) is 1.12. The Hall–Kier alpha value is -1.73. The number of thioether (sulfide) groups is 1. The summed E-state index contributed by atoms with van der Waals surface area (Å²) in [5.41, 5.74) is 2.15. The number of benzene rings is 1. The zero-order valence-corrected chi connectivity index (χ0v) is 18.7. The molecule has 1 aromatic carbocycles. The second-order valence-electron chi connectivity index (χ2n) is 6.80. The lowest BCUT2D eigenvalue weighted by molar-refractivity contribution is 0.253. The molecule has 0 bridgehead atoms. The van der Waals surface area contributed by atoms with E-state index in [1.807, 2.05) is 37.0 Å². The van der Waals surface area contributed by atoms with E-state index in [1.54, 1.807) is 7.11 Å². The van der Waals surface area contributed by atoms with Crippen LogP contribution < -0.4 is 9.47 Å². The van der Waals surface area contributed by atoms with E-state index in [4.69, 9.17) is 14.5 Å². The molecular weight excluding hydrogens is 438 g/mol. The van der Waals surface area contributed by atoms with Gasteiger partial charge in [0.1, 0.15) is 6.04 Å². The molecule has 1 saturated heterocycles. The van der Waals surface area contributed by atoms with Crippen LogP contribution in [0.3, 0.4) is 0 Å². The van der Waals surface area contributed by atoms with Crippen molar-refractivity contribution >= 4 is 32.9 Å². The largest absolute Gasteiger partial charge is 0.493 e. The molecule has 4 rings (SSSR count). The molecule has 2 aromatic rings. The van der Waals surface area contributed by atoms with Crippen molar-refractivity contribution in [3.63, 3.8) is 0 Å². The number of halogens is 1. The van der Waals surface area contributed by atoms with Gasteiger partial charge in [0.05, 0.1) is 29.9 Å². The number of hydrogen-bond acceptors (Lipinski definition) is 6. The van der Waals surface area contributed by atoms with Gasteiger partial charge in [-0.25, -0.2) is 0 Å². The second kappa shape index (κ2) is 8.33. The van der Waals surface area contributed by atoms with Crippen LogP contribution in [0.1, 0.15) is 43.6 Å². The maximum Gasteiger partial charge on any atom is 0.175 e. The minimum absolute atomic E-state index is 0.0346. The van der Waals surface area contributed by atoms with Crippen molar-refractivity contribution < 1.29 is 9.47 Å². The number of hydrogen-bond donors (Lipinski definition) is 0. The topological polar surface area (TPSA) is 47.0 Å². The van der Waals surface area contributed by atoms with Crippen LogP contribution in [0.15, 0.2) is 46.0 Å². The number of aliphatic imine (C=N–C) groups is 1. The summed E-state index contributed by atoms with van der Waals surface area (Å²) >= 11 is 5.53. The van der Waals surface area contributed by atoms with Crippen LogP contribution in [0.5, 0.6) is 11.5 Å². The van der Waals surface area contributed by atoms with Crippen molar-refractivity contribution in [2.75, 3.05) is 19.5 Å². The number of pyridine rings is 1. The van der Waals surface area contributed by atoms with Crippen LogP contribution >= 0.6 is 27.7 Å². The van der Waals surface area contributed by atoms with Gasteiger partial charge in [-0.15, -0.1) is 0 Å². The Morgan fingerprint density at radius 1 is 1.29 bits per heavy atom. The van der Waals surface area contributed by atoms with E-state index in [0.717, 1.165) is 44.6 Å². The fourth-order valence-corrected chi connectivity index (χ4v) is 5.82. The lowest BCUT2D eigenvalue weighted by Crippen LogP contribution is -2.35. The number of nitrogens with zero attached hydrogens (tertiary/aromatic N) is 3. The van der Waals surface area contributed by atoms with E-state index in [2.05, 4.69) is 50.9 Å². The van der Waals surface area contributed by atoms with Gasteiger partial charge >= 0.3 is 0 Å². The molecule has 7 heteroatoms. The SMILES string of the molecule is CCOc1c(Br)cc([C@@H]2[C@@H](c3ccccn3)N=C3SC[C@@H](CC)N32)cc1OC. The van der Waals surface area contributed by atoms with Crippen molar-refractivity contribution in [1.29, 1.82) is 0 Å². The molecule has 2 aliphatic rings. The predicted octanol–water partition coefficient (Wildman–Crippen LogP) is 5.23. The summed E-state index contributed by atoms with van der Waals surface area (Å²) in [7, 11) is 1.68. The number of rotatable bonds is 6. The maximum absolute atomic E-state index is 5.79. The monoisotopic (exact) mass is 461 g/mol. The van der Waals surface area contributed by atoms with Crippen molar-refractivity contribution in [2.45, 2.75) is 38.4 Å². The number of methoxy groups -OCH3 is 1. The van der Waals surface area contributed by atoms with Gasteiger partial charge in [0.25, 0.3) is 0 Å². The molecule has 0 N–H and O–H groups in total. The summed E-state index contributed by atoms with van der Waals surface area (Å²) in [6, 6.07) is 10.8. The summed E-state index contributed by atoms with van der Waals surface area (Å²) in [6.45, 7) is 4.80. The highest BCUT2D eigenvalue weighted by Gasteiger charge is 2.45. The average Bonchev–Trinajstić information content (AvgIpc) is 3.29. The van der Waals surface area contributed by atoms with Crippen molar-refractivity contribution in [1.82, 2.24) is 9.88 Å². The molecular formula is C21H24BrN3O2S. The van der Waals surface area contributed by atoms with E-state index in [9.17, 15) is 0 Å². The number of amidine groups is 1. The zero-order valence-electron chi connectivity index (χ0n) is 16.3. The van der Waals surface area contributed by atoms with Gasteiger partial charge in [-0.3, -0.25) is 9.98 Å². The summed E-state index contributed by atoms with van der Waals surface area (Å²) in [5.74, 6) is 2.56. The molecule has 5 nitrogen and oxygen atoms in total. The zero-order chi connectivity index (χ0) is 19.7. The Morgan fingerprint density at radius 3 is 2.82 bits per heavy atom. The minimum atomic E-state index is -0.0346. The third-order valence-corrected chi connectivity index (χ3v) is 6.93. The van der Waals surface area contributed by atoms with E-state index in [1.165, 1.54) is 0 Å². The number of fused-ring (bicyclic) bond motifs is 1. The molecule has 148 valence electrons. The first-order valence-electron chi connectivity index (χ1n) is 9.58. The first-order chi connectivity index (χ1) is 13.7. The fourth-order valence-electron chi connectivity index (χ4n) is 3.90. The highest BCUT2D eigenvalue weighted by molar-refractivity contribution is 9.10. The standard InChI is InChI=1S/C21H24BrN3O2S/c1-4-14-12-28-21-24-18(16-8-6-7-9-23-16)19(25(14)21)13-10-15(22)20(27-5-2)17(11-13)26-3/h6-11,14,18-19H,4-5,12H2,1-3H3/t14-,18-,19-/m1/s1. The average molecular weight is 462 g/mol. The lowest BCUT2D eigenvalue weighted by Gasteiger charge is -2.32. The van der Waals surface area contributed by atoms with E-state index >= 15 is 0 Å². The highest BCUT2D eigenvalue weighted by Crippen LogP contribution is 2.50. The molecule has 1 aromatic heterocycles. The van der Waals surface area contributed by atoms with Crippen molar-refractivity contribution in [2.24, 2.45) is 4.99 Å². The first-order valence-corrected chi connectivity index (χ1v) is 11.4. The Morgan fingerprint density at radius 2 is 2.14 bits per heavy atom. The Labute approximate surface area is 178 Å². The fraction of sp³-hybridized carbons (Fsp3) is 0.429. The minimum Gasteiger partial charge on any atom is -0.493 e. The van der Waals surface area contributed by atoms with Gasteiger partial charge in [0.2, 0.25) is 0 Å². The number of aromatic nitrogens is 1. The van der Waals surface area contributed by atoms with Gasteiger partial charge < -0.3 is 14.4 Å². The molecule has 0 saturated carbocycles. The summed E-state index contributed by atoms with van der Waals surface area (Å²) in [4.78, 5) is 12.2. The van der Waals surface area contributed by atoms with Gasteiger partial charge in [-0.2, -0.15) is 0 Å². The van der Waals surface area contributed by atoms with Gasteiger partial charge in [-0.05, 0) is 59.1 Å². The molecule has 0 unspecified atom stereocenters. The van der Waals surface area contributed by atoms with E-state index < -0.39 is 0 Å². The molecule has 1 fully saturated rings. The third-order valence-electron chi connectivity index (χ3n) is 5.21. The molecule has 3 heterocycles. The van der Waals surface area contributed by atoms with Crippen LogP contribution in [0, 0.1) is 0 Å². The quantitative estimate of drug-likeness (QED) is 0.588. The van der Waals surface area contributed by atoms with Crippen LogP contribution in [0.2, 0.25) is 0 Å². The van der Waals surface area contributed by atoms with Gasteiger partial charge in [-0.1, -0.05) is 24.8 Å². The Bertz CT molecular complexity index is 877. The van der Waals surface area contributed by atoms with Crippen LogP contribution in [-0.4, -0.2) is 40.6 Å². The summed E-state index contributed by atoms with van der Waals surface area (Å²) < 4.78 is 12.3. The molecule has 28 heavy (non-hydrogen) atoms. The molecule has 0 radical (unpaired) electrons. The normalized spacial score (nSPS) is 23.5. The van der Waals surface area contributed by atoms with Gasteiger partial charge in [0.15, 0.2) is 16.7 Å². The smallest absolute Gasteiger partial charge is 0.175 e. The Kier molecular flexibility index (Phi) is 5.83. The van der Waals surface area contributed by atoms with Crippen molar-refractivity contribution in [3.8, 4) is 11.5 Å². The van der Waals surface area contributed by atoms with E-state index in [-0.39, 0.29) is 12.1 Å². The van der Waals surface area contributed by atoms with Crippen LogP contribution in [0.4, 0.5) is 0 Å². The molecule has 0 spiro atoms. The molecule has 0 amide bonds. The van der Waals surface area contributed by atoms with E-state index in [0.29, 0.717) is 12.6 Å². The van der Waals surface area contributed by atoms with Crippen molar-refractivity contribution in [3.05, 3.63) is 52.3 Å².